The predicted molar refractivity (Wildman–Crippen MR) is 98.6 cm³/mol. The number of anilines is 1. The molecule has 4 nitrogen and oxygen atoms in total. The average Bonchev–Trinajstić information content (AvgIpc) is 2.85. The summed E-state index contributed by atoms with van der Waals surface area (Å²) in [5, 5.41) is 3.98. The van der Waals surface area contributed by atoms with Crippen LogP contribution in [0.2, 0.25) is 0 Å². The summed E-state index contributed by atoms with van der Waals surface area (Å²) in [6.07, 6.45) is 1.59. The standard InChI is InChI=1S/C20H22N2O2/c1-4-12-24-20-16(9-7-10-17(20)21-13-23)19-14(2)15-8-5-6-11-18(15)22(19)3/h5-11,13H,4,12H2,1-3H3,(H,21,23). The number of aryl methyl sites for hydroxylation is 2. The molecule has 124 valence electrons. The van der Waals surface area contributed by atoms with Gasteiger partial charge < -0.3 is 14.6 Å². The number of para-hydroxylation sites is 2. The number of fused-ring (bicyclic) bond motifs is 1. The normalized spacial score (nSPS) is 10.8. The Labute approximate surface area is 142 Å². The quantitative estimate of drug-likeness (QED) is 0.679. The van der Waals surface area contributed by atoms with Gasteiger partial charge in [0, 0.05) is 23.5 Å². The van der Waals surface area contributed by atoms with Gasteiger partial charge in [-0.25, -0.2) is 0 Å². The van der Waals surface area contributed by atoms with Crippen molar-refractivity contribution in [3.63, 3.8) is 0 Å². The SMILES string of the molecule is CCCOc1c(NC=O)cccc1-c1c(C)c2ccccc2n1C. The summed E-state index contributed by atoms with van der Waals surface area (Å²) in [4.78, 5) is 11.0. The highest BCUT2D eigenvalue weighted by molar-refractivity contribution is 5.94. The van der Waals surface area contributed by atoms with Gasteiger partial charge >= 0.3 is 0 Å². The molecular formula is C20H22N2O2. The highest BCUT2D eigenvalue weighted by Gasteiger charge is 2.19. The van der Waals surface area contributed by atoms with Crippen molar-refractivity contribution >= 4 is 23.0 Å². The molecule has 0 aliphatic rings. The minimum Gasteiger partial charge on any atom is -0.491 e. The zero-order valence-electron chi connectivity index (χ0n) is 14.3. The minimum absolute atomic E-state index is 0.605. The van der Waals surface area contributed by atoms with Crippen molar-refractivity contribution in [3.8, 4) is 17.0 Å². The van der Waals surface area contributed by atoms with E-state index in [0.717, 1.165) is 23.4 Å². The molecule has 0 spiro atoms. The van der Waals surface area contributed by atoms with Crippen molar-refractivity contribution < 1.29 is 9.53 Å². The lowest BCUT2D eigenvalue weighted by atomic mass is 10.0. The fraction of sp³-hybridized carbons (Fsp3) is 0.250. The topological polar surface area (TPSA) is 43.3 Å². The van der Waals surface area contributed by atoms with Gasteiger partial charge in [-0.15, -0.1) is 0 Å². The molecule has 1 amide bonds. The number of benzene rings is 2. The molecule has 0 saturated heterocycles. The van der Waals surface area contributed by atoms with Crippen molar-refractivity contribution in [3.05, 3.63) is 48.0 Å². The van der Waals surface area contributed by atoms with E-state index in [4.69, 9.17) is 4.74 Å². The molecule has 0 radical (unpaired) electrons. The third-order valence-corrected chi connectivity index (χ3v) is 4.30. The Hall–Kier alpha value is -2.75. The van der Waals surface area contributed by atoms with Crippen LogP contribution in [0.3, 0.4) is 0 Å². The third kappa shape index (κ3) is 2.64. The second kappa shape index (κ2) is 6.79. The van der Waals surface area contributed by atoms with E-state index in [1.54, 1.807) is 0 Å². The highest BCUT2D eigenvalue weighted by Crippen LogP contribution is 2.41. The molecule has 0 bridgehead atoms. The summed E-state index contributed by atoms with van der Waals surface area (Å²) in [6, 6.07) is 14.2. The second-order valence-electron chi connectivity index (χ2n) is 5.84. The van der Waals surface area contributed by atoms with Crippen LogP contribution < -0.4 is 10.1 Å². The van der Waals surface area contributed by atoms with Crippen LogP contribution in [0.15, 0.2) is 42.5 Å². The Balaban J connectivity index is 2.26. The first kappa shape index (κ1) is 16.1. The molecule has 1 heterocycles. The Morgan fingerprint density at radius 3 is 2.67 bits per heavy atom. The van der Waals surface area contributed by atoms with Crippen molar-refractivity contribution in [2.24, 2.45) is 7.05 Å². The summed E-state index contributed by atoms with van der Waals surface area (Å²) in [5.74, 6) is 0.723. The van der Waals surface area contributed by atoms with Crippen molar-refractivity contribution in [2.75, 3.05) is 11.9 Å². The first-order valence-corrected chi connectivity index (χ1v) is 8.19. The van der Waals surface area contributed by atoms with Gasteiger partial charge in [0.1, 0.15) is 0 Å². The monoisotopic (exact) mass is 322 g/mol. The van der Waals surface area contributed by atoms with Gasteiger partial charge in [0.2, 0.25) is 6.41 Å². The molecule has 0 atom stereocenters. The number of carbonyl (C=O) groups excluding carboxylic acids is 1. The lowest BCUT2D eigenvalue weighted by molar-refractivity contribution is -0.105. The zero-order chi connectivity index (χ0) is 17.1. The fourth-order valence-corrected chi connectivity index (χ4v) is 3.23. The maximum Gasteiger partial charge on any atom is 0.211 e. The van der Waals surface area contributed by atoms with Gasteiger partial charge in [0.25, 0.3) is 0 Å². The summed E-state index contributed by atoms with van der Waals surface area (Å²) >= 11 is 0. The molecule has 0 unspecified atom stereocenters. The van der Waals surface area contributed by atoms with Gasteiger partial charge in [-0.05, 0) is 37.1 Å². The Morgan fingerprint density at radius 1 is 1.17 bits per heavy atom. The van der Waals surface area contributed by atoms with Gasteiger partial charge in [0.05, 0.1) is 18.0 Å². The van der Waals surface area contributed by atoms with E-state index in [1.807, 2.05) is 24.3 Å². The highest BCUT2D eigenvalue weighted by atomic mass is 16.5. The average molecular weight is 322 g/mol. The van der Waals surface area contributed by atoms with Crippen LogP contribution in [0.25, 0.3) is 22.2 Å². The fourth-order valence-electron chi connectivity index (χ4n) is 3.23. The number of nitrogens with zero attached hydrogens (tertiary/aromatic N) is 1. The van der Waals surface area contributed by atoms with E-state index in [9.17, 15) is 4.79 Å². The molecule has 2 aromatic carbocycles. The molecule has 24 heavy (non-hydrogen) atoms. The molecule has 1 aromatic heterocycles. The molecule has 0 fully saturated rings. The van der Waals surface area contributed by atoms with Gasteiger partial charge in [-0.3, -0.25) is 4.79 Å². The lowest BCUT2D eigenvalue weighted by Crippen LogP contribution is -2.04. The molecule has 3 rings (SSSR count). The number of ether oxygens (including phenoxy) is 1. The van der Waals surface area contributed by atoms with E-state index >= 15 is 0 Å². The summed E-state index contributed by atoms with van der Waals surface area (Å²) < 4.78 is 8.18. The van der Waals surface area contributed by atoms with E-state index in [1.165, 1.54) is 16.5 Å². The van der Waals surface area contributed by atoms with Crippen LogP contribution in [0.5, 0.6) is 5.75 Å². The van der Waals surface area contributed by atoms with Crippen LogP contribution in [0.1, 0.15) is 18.9 Å². The summed E-state index contributed by atoms with van der Waals surface area (Å²) in [5.41, 5.74) is 5.18. The van der Waals surface area contributed by atoms with Crippen LogP contribution in [-0.4, -0.2) is 17.6 Å². The third-order valence-electron chi connectivity index (χ3n) is 4.30. The zero-order valence-corrected chi connectivity index (χ0v) is 14.3. The van der Waals surface area contributed by atoms with Crippen LogP contribution in [-0.2, 0) is 11.8 Å². The first-order chi connectivity index (χ1) is 11.7. The number of nitrogens with one attached hydrogen (secondary N) is 1. The van der Waals surface area contributed by atoms with Crippen molar-refractivity contribution in [2.45, 2.75) is 20.3 Å². The van der Waals surface area contributed by atoms with Crippen LogP contribution in [0.4, 0.5) is 5.69 Å². The number of hydrogen-bond acceptors (Lipinski definition) is 2. The second-order valence-corrected chi connectivity index (χ2v) is 5.84. The van der Waals surface area contributed by atoms with Gasteiger partial charge in [0.15, 0.2) is 5.75 Å². The molecule has 0 saturated carbocycles. The summed E-state index contributed by atoms with van der Waals surface area (Å²) in [7, 11) is 2.06. The predicted octanol–water partition coefficient (Wildman–Crippen LogP) is 4.51. The molecular weight excluding hydrogens is 300 g/mol. The maximum atomic E-state index is 11.0. The Bertz CT molecular complexity index is 842. The maximum absolute atomic E-state index is 11.0. The van der Waals surface area contributed by atoms with E-state index in [-0.39, 0.29) is 0 Å². The first-order valence-electron chi connectivity index (χ1n) is 8.19. The minimum atomic E-state index is 0.605. The molecule has 4 heteroatoms. The van der Waals surface area contributed by atoms with Crippen LogP contribution >= 0.6 is 0 Å². The van der Waals surface area contributed by atoms with Gasteiger partial charge in [-0.2, -0.15) is 0 Å². The van der Waals surface area contributed by atoms with E-state index in [0.29, 0.717) is 18.7 Å². The number of aromatic nitrogens is 1. The lowest BCUT2D eigenvalue weighted by Gasteiger charge is -2.16. The molecule has 3 aromatic rings. The van der Waals surface area contributed by atoms with Gasteiger partial charge in [-0.1, -0.05) is 31.2 Å². The van der Waals surface area contributed by atoms with Crippen molar-refractivity contribution in [1.29, 1.82) is 0 Å². The number of carbonyl (C=O) groups is 1. The number of hydrogen-bond donors (Lipinski definition) is 1. The number of rotatable bonds is 6. The Morgan fingerprint density at radius 2 is 1.96 bits per heavy atom. The van der Waals surface area contributed by atoms with Crippen LogP contribution in [0, 0.1) is 6.92 Å². The smallest absolute Gasteiger partial charge is 0.211 e. The van der Waals surface area contributed by atoms with Crippen molar-refractivity contribution in [1.82, 2.24) is 4.57 Å². The van der Waals surface area contributed by atoms with E-state index in [2.05, 4.69) is 49.0 Å². The Kier molecular flexibility index (Phi) is 4.56. The summed E-state index contributed by atoms with van der Waals surface area (Å²) in [6.45, 7) is 4.80. The molecule has 0 aliphatic carbocycles. The number of amides is 1. The molecule has 0 aliphatic heterocycles. The molecule has 1 N–H and O–H groups in total. The largest absolute Gasteiger partial charge is 0.491 e. The van der Waals surface area contributed by atoms with E-state index < -0.39 is 0 Å².